The molecule has 1 aromatic carbocycles. The Labute approximate surface area is 134 Å². The second-order valence-corrected chi connectivity index (χ2v) is 5.69. The van der Waals surface area contributed by atoms with Gasteiger partial charge in [0.1, 0.15) is 11.5 Å². The molecule has 2 rings (SSSR count). The summed E-state index contributed by atoms with van der Waals surface area (Å²) >= 11 is 0. The van der Waals surface area contributed by atoms with Crippen LogP contribution in [-0.2, 0) is 11.3 Å². The fourth-order valence-corrected chi connectivity index (χ4v) is 2.71. The number of benzene rings is 1. The zero-order valence-corrected chi connectivity index (χ0v) is 13.8. The van der Waals surface area contributed by atoms with Crippen molar-refractivity contribution in [1.29, 1.82) is 0 Å². The summed E-state index contributed by atoms with van der Waals surface area (Å²) in [5.41, 5.74) is 1.09. The van der Waals surface area contributed by atoms with Crippen molar-refractivity contribution in [2.45, 2.75) is 32.3 Å². The van der Waals surface area contributed by atoms with Gasteiger partial charge in [-0.1, -0.05) is 0 Å². The van der Waals surface area contributed by atoms with Gasteiger partial charge in [-0.15, -0.1) is 0 Å². The Kier molecular flexibility index (Phi) is 7.54. The van der Waals surface area contributed by atoms with Gasteiger partial charge in [0.25, 0.3) is 0 Å². The fraction of sp³-hybridized carbons (Fsp3) is 0.611. The minimum absolute atomic E-state index is 0.603. The first-order valence-corrected chi connectivity index (χ1v) is 8.15. The number of likely N-dealkylation sites (tertiary alicyclic amines) is 1. The fourth-order valence-electron chi connectivity index (χ4n) is 2.71. The molecule has 0 bridgehead atoms. The largest absolute Gasteiger partial charge is 0.497 e. The molecule has 0 spiro atoms. The number of hydrogen-bond acceptors (Lipinski definition) is 4. The van der Waals surface area contributed by atoms with Crippen LogP contribution < -0.4 is 9.47 Å². The van der Waals surface area contributed by atoms with Gasteiger partial charge in [0, 0.05) is 12.7 Å². The smallest absolute Gasteiger partial charge is 0.122 e. The third-order valence-corrected chi connectivity index (χ3v) is 3.99. The lowest BCUT2D eigenvalue weighted by Crippen LogP contribution is -2.30. The van der Waals surface area contributed by atoms with E-state index in [1.807, 2.05) is 18.2 Å². The van der Waals surface area contributed by atoms with Crippen molar-refractivity contribution in [3.63, 3.8) is 0 Å². The zero-order valence-electron chi connectivity index (χ0n) is 13.8. The molecule has 4 nitrogen and oxygen atoms in total. The van der Waals surface area contributed by atoms with Gasteiger partial charge in [0.05, 0.1) is 20.8 Å². The lowest BCUT2D eigenvalue weighted by Gasteiger charge is -2.26. The van der Waals surface area contributed by atoms with Gasteiger partial charge in [-0.2, -0.15) is 0 Å². The van der Waals surface area contributed by atoms with Crippen LogP contribution in [0, 0.1) is 6.42 Å². The van der Waals surface area contributed by atoms with Crippen LogP contribution in [0.3, 0.4) is 0 Å². The quantitative estimate of drug-likeness (QED) is 0.655. The topological polar surface area (TPSA) is 30.9 Å². The predicted octanol–water partition coefficient (Wildman–Crippen LogP) is 3.30. The molecule has 1 heterocycles. The standard InChI is InChI=1S/C18H28NO3/c1-20-17-12-16(13-18(14-17)21-2)15-22-11-7-6-10-19-8-4-3-5-9-19/h3,12-14H,4-11,15H2,1-2H3. The van der Waals surface area contributed by atoms with E-state index in [9.17, 15) is 0 Å². The predicted molar refractivity (Wildman–Crippen MR) is 88.4 cm³/mol. The molecule has 0 N–H and O–H groups in total. The molecule has 22 heavy (non-hydrogen) atoms. The SMILES string of the molecule is COc1cc(COCCCCN2CC[CH]CC2)cc(OC)c1. The molecule has 1 aliphatic heterocycles. The third-order valence-electron chi connectivity index (χ3n) is 3.99. The lowest BCUT2D eigenvalue weighted by molar-refractivity contribution is 0.113. The Hall–Kier alpha value is -1.26. The molecule has 123 valence electrons. The van der Waals surface area contributed by atoms with Crippen LogP contribution in [0.4, 0.5) is 0 Å². The van der Waals surface area contributed by atoms with E-state index in [4.69, 9.17) is 14.2 Å². The molecule has 0 saturated carbocycles. The van der Waals surface area contributed by atoms with E-state index in [1.54, 1.807) is 14.2 Å². The summed E-state index contributed by atoms with van der Waals surface area (Å²) in [6.07, 6.45) is 7.20. The van der Waals surface area contributed by atoms with Crippen molar-refractivity contribution < 1.29 is 14.2 Å². The van der Waals surface area contributed by atoms with Crippen molar-refractivity contribution in [2.24, 2.45) is 0 Å². The number of methoxy groups -OCH3 is 2. The lowest BCUT2D eigenvalue weighted by atomic mass is 10.1. The van der Waals surface area contributed by atoms with Gasteiger partial charge in [-0.25, -0.2) is 0 Å². The molecule has 0 unspecified atom stereocenters. The van der Waals surface area contributed by atoms with Gasteiger partial charge >= 0.3 is 0 Å². The van der Waals surface area contributed by atoms with E-state index in [0.717, 1.165) is 30.1 Å². The summed E-state index contributed by atoms with van der Waals surface area (Å²) in [4.78, 5) is 2.55. The molecular formula is C18H28NO3. The Morgan fingerprint density at radius 3 is 2.27 bits per heavy atom. The van der Waals surface area contributed by atoms with Gasteiger partial charge in [-0.05, 0) is 69.4 Å². The molecule has 1 aliphatic rings. The number of nitrogens with zero attached hydrogens (tertiary/aromatic N) is 1. The number of ether oxygens (including phenoxy) is 3. The maximum Gasteiger partial charge on any atom is 0.122 e. The Morgan fingerprint density at radius 1 is 0.955 bits per heavy atom. The third kappa shape index (κ3) is 5.85. The molecular weight excluding hydrogens is 278 g/mol. The van der Waals surface area contributed by atoms with Crippen LogP contribution in [0.5, 0.6) is 11.5 Å². The van der Waals surface area contributed by atoms with Crippen molar-refractivity contribution in [3.8, 4) is 11.5 Å². The monoisotopic (exact) mass is 306 g/mol. The van der Waals surface area contributed by atoms with Crippen molar-refractivity contribution in [2.75, 3.05) is 40.5 Å². The average Bonchev–Trinajstić information content (AvgIpc) is 2.58. The molecule has 0 aliphatic carbocycles. The Morgan fingerprint density at radius 2 is 1.64 bits per heavy atom. The highest BCUT2D eigenvalue weighted by Gasteiger charge is 2.09. The second kappa shape index (κ2) is 9.70. The highest BCUT2D eigenvalue weighted by molar-refractivity contribution is 5.38. The van der Waals surface area contributed by atoms with Gasteiger partial charge in [0.2, 0.25) is 0 Å². The van der Waals surface area contributed by atoms with Gasteiger partial charge < -0.3 is 19.1 Å². The number of unbranched alkanes of at least 4 members (excludes halogenated alkanes) is 1. The van der Waals surface area contributed by atoms with Gasteiger partial charge in [0.15, 0.2) is 0 Å². The molecule has 1 saturated heterocycles. The van der Waals surface area contributed by atoms with Crippen molar-refractivity contribution in [3.05, 3.63) is 30.2 Å². The van der Waals surface area contributed by atoms with Gasteiger partial charge in [-0.3, -0.25) is 0 Å². The number of hydrogen-bond donors (Lipinski definition) is 0. The summed E-state index contributed by atoms with van der Waals surface area (Å²) in [5, 5.41) is 0. The average molecular weight is 306 g/mol. The maximum atomic E-state index is 5.77. The van der Waals surface area contributed by atoms with Crippen molar-refractivity contribution >= 4 is 0 Å². The summed E-state index contributed by atoms with van der Waals surface area (Å²) in [5.74, 6) is 1.61. The molecule has 0 atom stereocenters. The van der Waals surface area contributed by atoms with Crippen LogP contribution >= 0.6 is 0 Å². The van der Waals surface area contributed by atoms with Crippen LogP contribution in [0.15, 0.2) is 18.2 Å². The van der Waals surface area contributed by atoms with Crippen LogP contribution in [0.2, 0.25) is 0 Å². The zero-order chi connectivity index (χ0) is 15.6. The van der Waals surface area contributed by atoms with E-state index >= 15 is 0 Å². The Balaban J connectivity index is 1.61. The molecule has 1 fully saturated rings. The molecule has 4 heteroatoms. The first-order valence-electron chi connectivity index (χ1n) is 8.15. The summed E-state index contributed by atoms with van der Waals surface area (Å²) in [6.45, 7) is 5.06. The summed E-state index contributed by atoms with van der Waals surface area (Å²) in [7, 11) is 3.33. The van der Waals surface area contributed by atoms with E-state index in [2.05, 4.69) is 11.3 Å². The van der Waals surface area contributed by atoms with Crippen LogP contribution in [0.25, 0.3) is 0 Å². The van der Waals surface area contributed by atoms with E-state index < -0.39 is 0 Å². The minimum atomic E-state index is 0.603. The van der Waals surface area contributed by atoms with Crippen LogP contribution in [-0.4, -0.2) is 45.4 Å². The molecule has 0 amide bonds. The van der Waals surface area contributed by atoms with E-state index in [-0.39, 0.29) is 0 Å². The highest BCUT2D eigenvalue weighted by Crippen LogP contribution is 2.22. The Bertz CT molecular complexity index is 408. The molecule has 0 aromatic heterocycles. The highest BCUT2D eigenvalue weighted by atomic mass is 16.5. The number of rotatable bonds is 9. The van der Waals surface area contributed by atoms with Crippen LogP contribution in [0.1, 0.15) is 31.2 Å². The summed E-state index contributed by atoms with van der Waals surface area (Å²) in [6, 6.07) is 5.86. The van der Waals surface area contributed by atoms with E-state index in [0.29, 0.717) is 6.61 Å². The molecule has 1 aromatic rings. The first kappa shape index (κ1) is 17.1. The first-order chi connectivity index (χ1) is 10.8. The maximum absolute atomic E-state index is 5.77. The van der Waals surface area contributed by atoms with E-state index in [1.165, 1.54) is 38.9 Å². The summed E-state index contributed by atoms with van der Waals surface area (Å²) < 4.78 is 16.3. The van der Waals surface area contributed by atoms with Crippen molar-refractivity contribution in [1.82, 2.24) is 4.90 Å². The normalized spacial score (nSPS) is 15.7. The second-order valence-electron chi connectivity index (χ2n) is 5.69. The molecule has 1 radical (unpaired) electrons. The minimum Gasteiger partial charge on any atom is -0.497 e. The number of piperidine rings is 1.